The number of nitrogens with zero attached hydrogens (tertiary/aromatic N) is 2. The summed E-state index contributed by atoms with van der Waals surface area (Å²) in [6.45, 7) is 10.0. The third kappa shape index (κ3) is 6.57. The van der Waals surface area contributed by atoms with E-state index >= 15 is 0 Å². The molecular formula is C32H37N5O4. The molecule has 0 bridgehead atoms. The molecule has 214 valence electrons. The van der Waals surface area contributed by atoms with E-state index in [1.54, 1.807) is 30.0 Å². The normalized spacial score (nSPS) is 11.3. The Morgan fingerprint density at radius 3 is 2.46 bits per heavy atom. The summed E-state index contributed by atoms with van der Waals surface area (Å²) in [6.07, 6.45) is 3.33. The number of anilines is 3. The van der Waals surface area contributed by atoms with Crippen molar-refractivity contribution >= 4 is 40.0 Å². The van der Waals surface area contributed by atoms with Crippen LogP contribution in [0.5, 0.6) is 5.75 Å². The second-order valence-corrected chi connectivity index (χ2v) is 10.9. The van der Waals surface area contributed by atoms with Crippen LogP contribution in [0.15, 0.2) is 65.6 Å². The summed E-state index contributed by atoms with van der Waals surface area (Å²) in [4.78, 5) is 43.9. The molecule has 2 heterocycles. The average molecular weight is 556 g/mol. The standard InChI is InChI=1S/C32H37N5O4/c1-7-8-17-37-29-24(13-10-16-33-29)27(21-11-9-12-23(18-21)41-6)28(30(37)39)36-31(40)35-26-19-22(34-20(2)38)14-15-25(26)32(3,4)5/h9-16,18-19H,7-8,17H2,1-6H3,(H,34,38)(H2,35,36,40). The number of urea groups is 1. The number of unbranched alkanes of at least 4 members (excludes halogenated alkanes) is 1. The molecule has 2 aromatic heterocycles. The van der Waals surface area contributed by atoms with E-state index in [1.807, 2.05) is 63.2 Å². The van der Waals surface area contributed by atoms with Gasteiger partial charge in [0.05, 0.1) is 7.11 Å². The number of hydrogen-bond acceptors (Lipinski definition) is 5. The van der Waals surface area contributed by atoms with Crippen LogP contribution in [0, 0.1) is 0 Å². The monoisotopic (exact) mass is 555 g/mol. The van der Waals surface area contributed by atoms with Crippen LogP contribution in [0.1, 0.15) is 53.0 Å². The number of carbonyl (C=O) groups is 2. The molecule has 0 aliphatic heterocycles. The lowest BCUT2D eigenvalue weighted by atomic mass is 9.85. The fourth-order valence-corrected chi connectivity index (χ4v) is 4.85. The molecule has 3 amide bonds. The van der Waals surface area contributed by atoms with E-state index in [2.05, 4.69) is 27.9 Å². The lowest BCUT2D eigenvalue weighted by Crippen LogP contribution is -2.30. The first kappa shape index (κ1) is 29.3. The topological polar surface area (TPSA) is 114 Å². The summed E-state index contributed by atoms with van der Waals surface area (Å²) in [6, 6.07) is 15.9. The Morgan fingerprint density at radius 2 is 1.78 bits per heavy atom. The molecule has 3 N–H and O–H groups in total. The molecule has 0 aliphatic carbocycles. The zero-order chi connectivity index (χ0) is 29.7. The Morgan fingerprint density at radius 1 is 1.00 bits per heavy atom. The lowest BCUT2D eigenvalue weighted by molar-refractivity contribution is -0.114. The number of pyridine rings is 2. The van der Waals surface area contributed by atoms with Crippen LogP contribution in [-0.2, 0) is 16.8 Å². The number of ether oxygens (including phenoxy) is 1. The van der Waals surface area contributed by atoms with Crippen molar-refractivity contribution in [1.29, 1.82) is 0 Å². The Hall–Kier alpha value is -4.66. The number of hydrogen-bond donors (Lipinski definition) is 3. The predicted octanol–water partition coefficient (Wildman–Crippen LogP) is 6.77. The van der Waals surface area contributed by atoms with Gasteiger partial charge in [-0.25, -0.2) is 9.78 Å². The molecule has 2 aromatic carbocycles. The molecule has 0 spiro atoms. The average Bonchev–Trinajstić information content (AvgIpc) is 2.92. The first-order valence-electron chi connectivity index (χ1n) is 13.7. The SMILES string of the molecule is CCCCn1c(=O)c(NC(=O)Nc2cc(NC(C)=O)ccc2C(C)(C)C)c(-c2cccc(OC)c2)c2cccnc21. The largest absolute Gasteiger partial charge is 0.497 e. The fourth-order valence-electron chi connectivity index (χ4n) is 4.85. The molecule has 0 aliphatic rings. The number of methoxy groups -OCH3 is 1. The summed E-state index contributed by atoms with van der Waals surface area (Å²) >= 11 is 0. The Balaban J connectivity index is 1.87. The van der Waals surface area contributed by atoms with Gasteiger partial charge < -0.3 is 20.7 Å². The van der Waals surface area contributed by atoms with Gasteiger partial charge in [-0.15, -0.1) is 0 Å². The van der Waals surface area contributed by atoms with Crippen LogP contribution in [0.3, 0.4) is 0 Å². The van der Waals surface area contributed by atoms with Crippen LogP contribution in [0.2, 0.25) is 0 Å². The van der Waals surface area contributed by atoms with Gasteiger partial charge in [-0.3, -0.25) is 14.2 Å². The van der Waals surface area contributed by atoms with Crippen molar-refractivity contribution in [1.82, 2.24) is 9.55 Å². The Kier molecular flexibility index (Phi) is 8.76. The molecule has 9 nitrogen and oxygen atoms in total. The minimum atomic E-state index is -0.581. The van der Waals surface area contributed by atoms with Crippen molar-refractivity contribution in [2.75, 3.05) is 23.1 Å². The predicted molar refractivity (Wildman–Crippen MR) is 165 cm³/mol. The molecule has 0 saturated heterocycles. The van der Waals surface area contributed by atoms with Crippen LogP contribution in [0.25, 0.3) is 22.2 Å². The Bertz CT molecular complexity index is 1650. The van der Waals surface area contributed by atoms with E-state index in [1.165, 1.54) is 6.92 Å². The van der Waals surface area contributed by atoms with E-state index in [9.17, 15) is 14.4 Å². The van der Waals surface area contributed by atoms with Gasteiger partial charge in [0.15, 0.2) is 0 Å². The summed E-state index contributed by atoms with van der Waals surface area (Å²) in [5, 5.41) is 9.29. The highest BCUT2D eigenvalue weighted by Crippen LogP contribution is 2.36. The second-order valence-electron chi connectivity index (χ2n) is 10.9. The molecule has 4 aromatic rings. The number of benzene rings is 2. The molecular weight excluding hydrogens is 518 g/mol. The number of carbonyl (C=O) groups excluding carboxylic acids is 2. The molecule has 0 fully saturated rings. The molecule has 0 unspecified atom stereocenters. The molecule has 4 rings (SSSR count). The first-order valence-corrected chi connectivity index (χ1v) is 13.7. The highest BCUT2D eigenvalue weighted by atomic mass is 16.5. The molecule has 0 radical (unpaired) electrons. The molecule has 0 saturated carbocycles. The minimum absolute atomic E-state index is 0.141. The number of nitrogens with one attached hydrogen (secondary N) is 3. The maximum Gasteiger partial charge on any atom is 0.323 e. The lowest BCUT2D eigenvalue weighted by Gasteiger charge is -2.24. The van der Waals surface area contributed by atoms with Crippen LogP contribution >= 0.6 is 0 Å². The van der Waals surface area contributed by atoms with E-state index in [4.69, 9.17) is 4.74 Å². The van der Waals surface area contributed by atoms with Gasteiger partial charge in [0.2, 0.25) is 5.91 Å². The maximum absolute atomic E-state index is 14.0. The maximum atomic E-state index is 14.0. The van der Waals surface area contributed by atoms with Crippen molar-refractivity contribution < 1.29 is 14.3 Å². The van der Waals surface area contributed by atoms with Crippen molar-refractivity contribution in [3.8, 4) is 16.9 Å². The van der Waals surface area contributed by atoms with Crippen molar-refractivity contribution in [3.63, 3.8) is 0 Å². The van der Waals surface area contributed by atoms with Gasteiger partial charge in [-0.05, 0) is 59.4 Å². The van der Waals surface area contributed by atoms with Crippen molar-refractivity contribution in [2.24, 2.45) is 0 Å². The first-order chi connectivity index (χ1) is 19.5. The van der Waals surface area contributed by atoms with Crippen molar-refractivity contribution in [3.05, 3.63) is 76.7 Å². The van der Waals surface area contributed by atoms with Crippen LogP contribution < -0.4 is 26.2 Å². The third-order valence-corrected chi connectivity index (χ3v) is 6.75. The highest BCUT2D eigenvalue weighted by molar-refractivity contribution is 6.08. The zero-order valence-corrected chi connectivity index (χ0v) is 24.4. The summed E-state index contributed by atoms with van der Waals surface area (Å²) in [5.41, 5.74) is 3.26. The van der Waals surface area contributed by atoms with E-state index in [0.717, 1.165) is 23.8 Å². The van der Waals surface area contributed by atoms with Gasteiger partial charge >= 0.3 is 6.03 Å². The smallest absolute Gasteiger partial charge is 0.323 e. The van der Waals surface area contributed by atoms with Crippen LogP contribution in [-0.4, -0.2) is 28.6 Å². The number of rotatable bonds is 8. The van der Waals surface area contributed by atoms with Crippen molar-refractivity contribution in [2.45, 2.75) is 59.4 Å². The van der Waals surface area contributed by atoms with Gasteiger partial charge in [0, 0.05) is 42.0 Å². The van der Waals surface area contributed by atoms with Gasteiger partial charge in [0.1, 0.15) is 17.1 Å². The quantitative estimate of drug-likeness (QED) is 0.222. The van der Waals surface area contributed by atoms with Gasteiger partial charge in [-0.1, -0.05) is 52.3 Å². The number of aromatic nitrogens is 2. The summed E-state index contributed by atoms with van der Waals surface area (Å²) in [7, 11) is 1.58. The van der Waals surface area contributed by atoms with Gasteiger partial charge in [-0.2, -0.15) is 0 Å². The second kappa shape index (κ2) is 12.2. The minimum Gasteiger partial charge on any atom is -0.497 e. The van der Waals surface area contributed by atoms with E-state index in [0.29, 0.717) is 40.4 Å². The van der Waals surface area contributed by atoms with Crippen LogP contribution in [0.4, 0.5) is 21.9 Å². The third-order valence-electron chi connectivity index (χ3n) is 6.75. The van der Waals surface area contributed by atoms with E-state index < -0.39 is 6.03 Å². The molecule has 9 heteroatoms. The Labute approximate surface area is 240 Å². The summed E-state index contributed by atoms with van der Waals surface area (Å²) in [5.74, 6) is 0.402. The highest BCUT2D eigenvalue weighted by Gasteiger charge is 2.23. The fraction of sp³-hybridized carbons (Fsp3) is 0.312. The summed E-state index contributed by atoms with van der Waals surface area (Å²) < 4.78 is 7.07. The zero-order valence-electron chi connectivity index (χ0n) is 24.4. The van der Waals surface area contributed by atoms with Gasteiger partial charge in [0.25, 0.3) is 5.56 Å². The number of fused-ring (bicyclic) bond motifs is 1. The number of amides is 3. The molecule has 41 heavy (non-hydrogen) atoms. The number of aryl methyl sites for hydroxylation is 1. The van der Waals surface area contributed by atoms with E-state index in [-0.39, 0.29) is 22.6 Å². The molecule has 0 atom stereocenters.